The fourth-order valence-electron chi connectivity index (χ4n) is 2.33. The number of hydrogen-bond acceptors (Lipinski definition) is 3. The van der Waals surface area contributed by atoms with Crippen molar-refractivity contribution in [3.8, 4) is 5.75 Å². The van der Waals surface area contributed by atoms with Crippen molar-refractivity contribution in [1.29, 1.82) is 0 Å². The number of halogens is 1. The van der Waals surface area contributed by atoms with Crippen LogP contribution < -0.4 is 10.1 Å². The zero-order chi connectivity index (χ0) is 16.8. The van der Waals surface area contributed by atoms with Crippen molar-refractivity contribution in [2.24, 2.45) is 5.92 Å². The van der Waals surface area contributed by atoms with Crippen LogP contribution in [0.3, 0.4) is 0 Å². The largest absolute Gasteiger partial charge is 0.495 e. The Morgan fingerprint density at radius 3 is 2.59 bits per heavy atom. The first-order chi connectivity index (χ1) is 10.3. The first kappa shape index (κ1) is 18.8. The van der Waals surface area contributed by atoms with Crippen LogP contribution in [-0.2, 0) is 9.53 Å². The summed E-state index contributed by atoms with van der Waals surface area (Å²) >= 11 is 6.09. The highest BCUT2D eigenvalue weighted by molar-refractivity contribution is 6.32. The van der Waals surface area contributed by atoms with Crippen LogP contribution in [0.2, 0.25) is 5.02 Å². The maximum atomic E-state index is 12.6. The van der Waals surface area contributed by atoms with Crippen molar-refractivity contribution >= 4 is 23.2 Å². The summed E-state index contributed by atoms with van der Waals surface area (Å²) in [5.41, 5.74) is -0.220. The fourth-order valence-corrected chi connectivity index (χ4v) is 2.59. The van der Waals surface area contributed by atoms with Crippen LogP contribution in [0.5, 0.6) is 5.75 Å². The molecule has 1 atom stereocenters. The van der Waals surface area contributed by atoms with Gasteiger partial charge in [0.25, 0.3) is 5.91 Å². The number of benzene rings is 1. The molecule has 4 nitrogen and oxygen atoms in total. The second-order valence-corrected chi connectivity index (χ2v) is 6.39. The molecule has 22 heavy (non-hydrogen) atoms. The van der Waals surface area contributed by atoms with Crippen molar-refractivity contribution in [1.82, 2.24) is 0 Å². The van der Waals surface area contributed by atoms with Crippen molar-refractivity contribution < 1.29 is 14.3 Å². The molecule has 0 saturated heterocycles. The van der Waals surface area contributed by atoms with Gasteiger partial charge in [-0.2, -0.15) is 0 Å². The van der Waals surface area contributed by atoms with E-state index in [1.807, 2.05) is 13.8 Å². The lowest BCUT2D eigenvalue weighted by Gasteiger charge is -2.30. The first-order valence-electron chi connectivity index (χ1n) is 7.61. The molecule has 0 aliphatic carbocycles. The van der Waals surface area contributed by atoms with E-state index >= 15 is 0 Å². The third-order valence-corrected chi connectivity index (χ3v) is 3.61. The van der Waals surface area contributed by atoms with Gasteiger partial charge in [0.15, 0.2) is 0 Å². The third-order valence-electron chi connectivity index (χ3n) is 3.31. The van der Waals surface area contributed by atoms with Crippen LogP contribution >= 0.6 is 11.6 Å². The molecular weight excluding hydrogens is 302 g/mol. The smallest absolute Gasteiger partial charge is 0.256 e. The van der Waals surface area contributed by atoms with E-state index in [0.717, 1.165) is 6.42 Å². The molecule has 1 unspecified atom stereocenters. The predicted octanol–water partition coefficient (Wildman–Crippen LogP) is 4.52. The molecule has 0 heterocycles. The van der Waals surface area contributed by atoms with Gasteiger partial charge >= 0.3 is 0 Å². The van der Waals surface area contributed by atoms with Crippen LogP contribution in [0.15, 0.2) is 18.2 Å². The van der Waals surface area contributed by atoms with Crippen molar-refractivity contribution in [2.75, 3.05) is 19.0 Å². The molecule has 0 fully saturated rings. The number of methoxy groups -OCH3 is 1. The summed E-state index contributed by atoms with van der Waals surface area (Å²) in [5, 5.41) is 3.34. The van der Waals surface area contributed by atoms with Crippen molar-refractivity contribution in [3.05, 3.63) is 23.2 Å². The monoisotopic (exact) mass is 327 g/mol. The van der Waals surface area contributed by atoms with E-state index in [0.29, 0.717) is 35.4 Å². The lowest BCUT2D eigenvalue weighted by atomic mass is 9.93. The lowest BCUT2D eigenvalue weighted by Crippen LogP contribution is -2.44. The Bertz CT molecular complexity index is 505. The second-order valence-electron chi connectivity index (χ2n) is 5.98. The van der Waals surface area contributed by atoms with Crippen LogP contribution in [0.1, 0.15) is 40.5 Å². The van der Waals surface area contributed by atoms with Crippen molar-refractivity contribution in [2.45, 2.75) is 46.1 Å². The first-order valence-corrected chi connectivity index (χ1v) is 7.99. The van der Waals surface area contributed by atoms with Gasteiger partial charge in [0.05, 0.1) is 12.1 Å². The van der Waals surface area contributed by atoms with Gasteiger partial charge in [-0.25, -0.2) is 0 Å². The molecule has 0 radical (unpaired) electrons. The average Bonchev–Trinajstić information content (AvgIpc) is 2.44. The highest BCUT2D eigenvalue weighted by Crippen LogP contribution is 2.29. The molecule has 0 saturated carbocycles. The fraction of sp³-hybridized carbons (Fsp3) is 0.588. The van der Waals surface area contributed by atoms with E-state index < -0.39 is 5.60 Å². The molecule has 1 aromatic rings. The highest BCUT2D eigenvalue weighted by Gasteiger charge is 2.35. The quantitative estimate of drug-likeness (QED) is 0.763. The van der Waals surface area contributed by atoms with E-state index in [4.69, 9.17) is 21.1 Å². The van der Waals surface area contributed by atoms with Crippen LogP contribution in [0, 0.1) is 5.92 Å². The van der Waals surface area contributed by atoms with Gasteiger partial charge in [0.1, 0.15) is 11.4 Å². The molecule has 1 rings (SSSR count). The Balaban J connectivity index is 2.88. The van der Waals surface area contributed by atoms with Crippen LogP contribution in [0.4, 0.5) is 5.69 Å². The van der Waals surface area contributed by atoms with E-state index in [1.165, 1.54) is 0 Å². The number of amides is 1. The Morgan fingerprint density at radius 1 is 1.41 bits per heavy atom. The Hall–Kier alpha value is -1.26. The highest BCUT2D eigenvalue weighted by atomic mass is 35.5. The summed E-state index contributed by atoms with van der Waals surface area (Å²) < 4.78 is 10.9. The van der Waals surface area contributed by atoms with E-state index in [9.17, 15) is 4.79 Å². The van der Waals surface area contributed by atoms with Gasteiger partial charge < -0.3 is 14.8 Å². The number of hydrogen-bond donors (Lipinski definition) is 1. The predicted molar refractivity (Wildman–Crippen MR) is 90.7 cm³/mol. The molecular formula is C17H26ClNO3. The summed E-state index contributed by atoms with van der Waals surface area (Å²) in [6.45, 7) is 8.57. The zero-order valence-corrected chi connectivity index (χ0v) is 14.8. The minimum atomic E-state index is -0.851. The number of anilines is 1. The summed E-state index contributed by atoms with van der Waals surface area (Å²) in [6, 6.07) is 5.16. The van der Waals surface area contributed by atoms with E-state index in [1.54, 1.807) is 25.3 Å². The maximum Gasteiger partial charge on any atom is 0.256 e. The summed E-state index contributed by atoms with van der Waals surface area (Å²) in [4.78, 5) is 12.6. The van der Waals surface area contributed by atoms with Crippen molar-refractivity contribution in [3.63, 3.8) is 0 Å². The molecule has 124 valence electrons. The number of ether oxygens (including phenoxy) is 2. The minimum Gasteiger partial charge on any atom is -0.495 e. The average molecular weight is 328 g/mol. The molecule has 1 amide bonds. The van der Waals surface area contributed by atoms with E-state index in [-0.39, 0.29) is 5.91 Å². The number of rotatable bonds is 8. The molecule has 0 aliphatic rings. The van der Waals surface area contributed by atoms with Gasteiger partial charge in [-0.3, -0.25) is 4.79 Å². The van der Waals surface area contributed by atoms with Gasteiger partial charge in [-0.1, -0.05) is 32.4 Å². The van der Waals surface area contributed by atoms with Gasteiger partial charge in [0, 0.05) is 12.3 Å². The number of nitrogens with one attached hydrogen (secondary N) is 1. The Labute approximate surface area is 138 Å². The summed E-state index contributed by atoms with van der Waals surface area (Å²) in [7, 11) is 1.55. The van der Waals surface area contributed by atoms with Gasteiger partial charge in [-0.05, 0) is 43.9 Å². The Kier molecular flexibility index (Phi) is 7.17. The number of carbonyl (C=O) groups is 1. The zero-order valence-electron chi connectivity index (χ0n) is 14.0. The molecule has 0 bridgehead atoms. The minimum absolute atomic E-state index is 0.157. The molecule has 0 aliphatic heterocycles. The maximum absolute atomic E-state index is 12.6. The topological polar surface area (TPSA) is 47.6 Å². The SMILES string of the molecule is CCCOC(C)(CC(C)C)C(=O)Nc1ccc(OC)c(Cl)c1. The second kappa shape index (κ2) is 8.39. The van der Waals surface area contributed by atoms with Crippen LogP contribution in [0.25, 0.3) is 0 Å². The molecule has 0 spiro atoms. The van der Waals surface area contributed by atoms with E-state index in [2.05, 4.69) is 19.2 Å². The molecule has 1 N–H and O–H groups in total. The standard InChI is InChI=1S/C17H26ClNO3/c1-6-9-22-17(4,11-12(2)3)16(20)19-13-7-8-15(21-5)14(18)10-13/h7-8,10,12H,6,9,11H2,1-5H3,(H,19,20). The van der Waals surface area contributed by atoms with Gasteiger partial charge in [0.2, 0.25) is 0 Å². The molecule has 0 aromatic heterocycles. The third kappa shape index (κ3) is 5.18. The van der Waals surface area contributed by atoms with Crippen LogP contribution in [-0.4, -0.2) is 25.2 Å². The molecule has 1 aromatic carbocycles. The summed E-state index contributed by atoms with van der Waals surface area (Å²) in [5.74, 6) is 0.773. The Morgan fingerprint density at radius 2 is 2.09 bits per heavy atom. The summed E-state index contributed by atoms with van der Waals surface area (Å²) in [6.07, 6.45) is 1.53. The number of carbonyl (C=O) groups excluding carboxylic acids is 1. The van der Waals surface area contributed by atoms with Gasteiger partial charge in [-0.15, -0.1) is 0 Å². The normalized spacial score (nSPS) is 13.8. The lowest BCUT2D eigenvalue weighted by molar-refractivity contribution is -0.141. The molecule has 5 heteroatoms.